The number of urea groups is 1. The molecule has 1 aromatic heterocycles. The first kappa shape index (κ1) is 21.8. The van der Waals surface area contributed by atoms with Crippen molar-refractivity contribution in [3.63, 3.8) is 0 Å². The summed E-state index contributed by atoms with van der Waals surface area (Å²) >= 11 is 0. The molecule has 3 heterocycles. The Balaban J connectivity index is 1.91. The maximum atomic E-state index is 12.8. The zero-order chi connectivity index (χ0) is 22.1. The minimum Gasteiger partial charge on any atom is -0.372 e. The van der Waals surface area contributed by atoms with E-state index in [2.05, 4.69) is 25.2 Å². The third kappa shape index (κ3) is 4.16. The predicted octanol–water partition coefficient (Wildman–Crippen LogP) is -1.40. The first-order valence-electron chi connectivity index (χ1n) is 8.87. The van der Waals surface area contributed by atoms with Crippen molar-refractivity contribution in [2.75, 3.05) is 26.7 Å². The van der Waals surface area contributed by atoms with Crippen LogP contribution in [0.1, 0.15) is 29.8 Å². The predicted molar refractivity (Wildman–Crippen MR) is 99.9 cm³/mol. The molecule has 0 aliphatic carbocycles. The number of fused-ring (bicyclic) bond motifs is 4. The van der Waals surface area contributed by atoms with Gasteiger partial charge in [0.2, 0.25) is 0 Å². The zero-order valence-electron chi connectivity index (χ0n) is 16.2. The van der Waals surface area contributed by atoms with E-state index >= 15 is 0 Å². The van der Waals surface area contributed by atoms with Gasteiger partial charge in [-0.05, 0) is 13.0 Å². The highest BCUT2D eigenvalue weighted by molar-refractivity contribution is 7.80. The molecule has 0 radical (unpaired) electrons. The number of nitrogens with zero attached hydrogens (tertiary/aromatic N) is 5. The molecule has 0 aromatic carbocycles. The van der Waals surface area contributed by atoms with Gasteiger partial charge in [-0.3, -0.25) is 14.1 Å². The maximum Gasteiger partial charge on any atom is 0.433 e. The maximum absolute atomic E-state index is 12.8. The van der Waals surface area contributed by atoms with E-state index in [1.165, 1.54) is 22.8 Å². The summed E-state index contributed by atoms with van der Waals surface area (Å²) in [7, 11) is -1.79. The number of amides is 3. The van der Waals surface area contributed by atoms with E-state index < -0.39 is 34.6 Å². The summed E-state index contributed by atoms with van der Waals surface area (Å²) in [5.41, 5.74) is 6.35. The smallest absolute Gasteiger partial charge is 0.372 e. The number of carbonyl (C=O) groups is 2. The van der Waals surface area contributed by atoms with Crippen LogP contribution in [0.3, 0.4) is 0 Å². The van der Waals surface area contributed by atoms with Gasteiger partial charge in [-0.15, -0.1) is 4.28 Å². The second kappa shape index (κ2) is 8.42. The first-order chi connectivity index (χ1) is 14.2. The second-order valence-corrected chi connectivity index (χ2v) is 7.47. The van der Waals surface area contributed by atoms with Gasteiger partial charge < -0.3 is 21.3 Å². The van der Waals surface area contributed by atoms with Gasteiger partial charge >= 0.3 is 22.5 Å². The van der Waals surface area contributed by atoms with E-state index in [4.69, 9.17) is 15.1 Å². The summed E-state index contributed by atoms with van der Waals surface area (Å²) in [5.74, 6) is 0.0920. The van der Waals surface area contributed by atoms with Gasteiger partial charge in [0.1, 0.15) is 12.1 Å². The lowest BCUT2D eigenvalue weighted by atomic mass is 9.97. The van der Waals surface area contributed by atoms with Gasteiger partial charge in [0, 0.05) is 26.2 Å². The Labute approximate surface area is 171 Å². The molecule has 5 N–H and O–H groups in total. The fraction of sp³-hybridized carbons (Fsp3) is 0.571. The minimum atomic E-state index is -4.93. The third-order valence-electron chi connectivity index (χ3n) is 4.60. The molecular formula is C14H22N8O7S. The van der Waals surface area contributed by atoms with Crippen LogP contribution in [-0.4, -0.2) is 77.4 Å². The summed E-state index contributed by atoms with van der Waals surface area (Å²) in [6, 6.07) is -2.53. The van der Waals surface area contributed by atoms with Gasteiger partial charge in [0.25, 0.3) is 0 Å². The lowest BCUT2D eigenvalue weighted by Crippen LogP contribution is -2.44. The van der Waals surface area contributed by atoms with E-state index in [0.29, 0.717) is 35.8 Å². The molecule has 1 fully saturated rings. The van der Waals surface area contributed by atoms with Crippen molar-refractivity contribution in [1.29, 1.82) is 0 Å². The van der Waals surface area contributed by atoms with Crippen molar-refractivity contribution in [2.24, 2.45) is 17.9 Å². The number of likely N-dealkylation sites (N-methyl/N-ethyl adjacent to an activating group) is 1. The summed E-state index contributed by atoms with van der Waals surface area (Å²) in [5, 5.41) is 13.8. The molecule has 3 amide bonds. The number of aromatic nitrogens is 2. The van der Waals surface area contributed by atoms with Gasteiger partial charge in [0.05, 0.1) is 18.4 Å². The fourth-order valence-corrected chi connectivity index (χ4v) is 3.72. The number of rotatable bonds is 7. The Bertz CT molecular complexity index is 961. The van der Waals surface area contributed by atoms with Crippen LogP contribution in [0.4, 0.5) is 9.59 Å². The zero-order valence-corrected chi connectivity index (χ0v) is 17.0. The molecule has 15 nitrogen and oxygen atoms in total. The van der Waals surface area contributed by atoms with Crippen LogP contribution in [-0.2, 0) is 26.6 Å². The Morgan fingerprint density at radius 3 is 2.87 bits per heavy atom. The van der Waals surface area contributed by atoms with Crippen molar-refractivity contribution in [1.82, 2.24) is 30.4 Å². The van der Waals surface area contributed by atoms with Gasteiger partial charge in [0.15, 0.2) is 5.84 Å². The largest absolute Gasteiger partial charge is 0.433 e. The minimum absolute atomic E-state index is 0.0289. The quantitative estimate of drug-likeness (QED) is 0.0965. The third-order valence-corrected chi connectivity index (χ3v) is 4.95. The molecule has 0 unspecified atom stereocenters. The van der Waals surface area contributed by atoms with Crippen molar-refractivity contribution in [3.05, 3.63) is 17.5 Å². The van der Waals surface area contributed by atoms with Gasteiger partial charge in [-0.2, -0.15) is 18.6 Å². The van der Waals surface area contributed by atoms with E-state index in [1.54, 1.807) is 7.05 Å². The standard InChI is InChI=1S/C14H22N8O7S/c1-16-12(19-28-13(23)17-5-3-4-15)11-10-8(6-18-20(10)2)9-7-21(11)14(24)22(9)29-30(25,26)27/h6,9,11H,3-5,7,15H2,1-2H3,(H,16,19)(H,17,23)(H,25,26,27)/t9-,11+/m1/s1. The van der Waals surface area contributed by atoms with E-state index in [-0.39, 0.29) is 12.4 Å². The van der Waals surface area contributed by atoms with Crippen molar-refractivity contribution in [3.8, 4) is 0 Å². The van der Waals surface area contributed by atoms with Gasteiger partial charge in [-0.25, -0.2) is 9.59 Å². The number of hydrogen-bond donors (Lipinski definition) is 4. The number of amidine groups is 1. The molecular weight excluding hydrogens is 424 g/mol. The summed E-state index contributed by atoms with van der Waals surface area (Å²) in [4.78, 5) is 30.7. The summed E-state index contributed by atoms with van der Waals surface area (Å²) < 4.78 is 37.4. The SMILES string of the molecule is CN/C(=N\OC(=O)NCCCN)[C@@H]1c2c(cnn2C)[C@H]2CN1C(=O)N2OS(=O)(=O)O. The molecule has 0 spiro atoms. The Kier molecular flexibility index (Phi) is 6.11. The molecule has 1 saturated heterocycles. The summed E-state index contributed by atoms with van der Waals surface area (Å²) in [6.07, 6.45) is 1.21. The molecule has 30 heavy (non-hydrogen) atoms. The Morgan fingerprint density at radius 2 is 2.23 bits per heavy atom. The molecule has 2 aliphatic heterocycles. The lowest BCUT2D eigenvalue weighted by Gasteiger charge is -2.31. The number of nitrogens with two attached hydrogens (primary N) is 1. The highest BCUT2D eigenvalue weighted by atomic mass is 32.3. The average Bonchev–Trinajstić information content (AvgIpc) is 3.18. The Morgan fingerprint density at radius 1 is 1.50 bits per heavy atom. The van der Waals surface area contributed by atoms with Crippen molar-refractivity contribution >= 4 is 28.4 Å². The normalized spacial score (nSPS) is 20.9. The highest BCUT2D eigenvalue weighted by Gasteiger charge is 2.53. The van der Waals surface area contributed by atoms with E-state index in [1.807, 2.05) is 0 Å². The number of hydroxylamine groups is 2. The van der Waals surface area contributed by atoms with Crippen LogP contribution >= 0.6 is 0 Å². The number of carbonyl (C=O) groups excluding carboxylic acids is 2. The molecule has 3 rings (SSSR count). The topological polar surface area (TPSA) is 194 Å². The highest BCUT2D eigenvalue weighted by Crippen LogP contribution is 2.44. The van der Waals surface area contributed by atoms with Crippen LogP contribution in [0.15, 0.2) is 11.4 Å². The molecule has 1 aromatic rings. The number of oxime groups is 1. The number of aryl methyl sites for hydroxylation is 1. The molecule has 0 saturated carbocycles. The average molecular weight is 446 g/mol. The molecule has 16 heteroatoms. The van der Waals surface area contributed by atoms with Crippen LogP contribution in [0.5, 0.6) is 0 Å². The number of nitrogens with one attached hydrogen (secondary N) is 2. The second-order valence-electron chi connectivity index (χ2n) is 6.46. The van der Waals surface area contributed by atoms with Crippen molar-refractivity contribution in [2.45, 2.75) is 18.5 Å². The van der Waals surface area contributed by atoms with Crippen LogP contribution in [0.25, 0.3) is 0 Å². The van der Waals surface area contributed by atoms with Crippen LogP contribution in [0, 0.1) is 0 Å². The molecule has 2 bridgehead atoms. The van der Waals surface area contributed by atoms with E-state index in [9.17, 15) is 18.0 Å². The molecule has 166 valence electrons. The van der Waals surface area contributed by atoms with Gasteiger partial charge in [-0.1, -0.05) is 5.16 Å². The number of hydrogen-bond acceptors (Lipinski definition) is 9. The molecule has 2 atom stereocenters. The lowest BCUT2D eigenvalue weighted by molar-refractivity contribution is -0.0316. The van der Waals surface area contributed by atoms with E-state index in [0.717, 1.165) is 0 Å². The molecule has 2 aliphatic rings. The van der Waals surface area contributed by atoms with Crippen LogP contribution < -0.4 is 16.4 Å². The Hall–Kier alpha value is -2.95. The monoisotopic (exact) mass is 446 g/mol. The fourth-order valence-electron chi connectivity index (χ4n) is 3.35. The van der Waals surface area contributed by atoms with Crippen molar-refractivity contribution < 1.29 is 31.7 Å². The first-order valence-corrected chi connectivity index (χ1v) is 10.2. The summed E-state index contributed by atoms with van der Waals surface area (Å²) in [6.45, 7) is 0.738. The van der Waals surface area contributed by atoms with Crippen LogP contribution in [0.2, 0.25) is 0 Å².